The Morgan fingerprint density at radius 3 is 2.63 bits per heavy atom. The third kappa shape index (κ3) is 5.41. The van der Waals surface area contributed by atoms with Crippen LogP contribution < -0.4 is 0 Å². The number of carbonyl (C=O) groups excluding carboxylic acids is 1. The molecule has 0 bridgehead atoms. The molecule has 0 spiro atoms. The lowest BCUT2D eigenvalue weighted by Gasteiger charge is -2.41. The number of pyridine rings is 1. The molecule has 1 atom stereocenters. The van der Waals surface area contributed by atoms with Crippen LogP contribution in [0.1, 0.15) is 77.9 Å². The number of nitrogens with zero attached hydrogens (tertiary/aromatic N) is 3. The number of carbonyl (C=O) groups is 1. The molecule has 1 amide bonds. The first-order valence-corrected chi connectivity index (χ1v) is 16.6. The highest BCUT2D eigenvalue weighted by atomic mass is 32.2. The van der Waals surface area contributed by atoms with Crippen LogP contribution in [-0.2, 0) is 6.42 Å². The Kier molecular flexibility index (Phi) is 7.80. The lowest BCUT2D eigenvalue weighted by molar-refractivity contribution is 0.0712. The predicted octanol–water partition coefficient (Wildman–Crippen LogP) is 8.09. The van der Waals surface area contributed by atoms with Crippen molar-refractivity contribution in [2.45, 2.75) is 57.3 Å². The summed E-state index contributed by atoms with van der Waals surface area (Å²) in [5, 5.41) is 2.84. The fourth-order valence-electron chi connectivity index (χ4n) is 7.46. The first kappa shape index (κ1) is 26.7. The van der Waals surface area contributed by atoms with Gasteiger partial charge in [-0.2, -0.15) is 0 Å². The van der Waals surface area contributed by atoms with E-state index in [0.717, 1.165) is 44.3 Å². The molecule has 1 saturated carbocycles. The fraction of sp³-hybridized carbons (Fsp3) is 0.417. The first-order valence-electron chi connectivity index (χ1n) is 15.5. The van der Waals surface area contributed by atoms with Gasteiger partial charge in [-0.15, -0.1) is 11.8 Å². The van der Waals surface area contributed by atoms with Crippen molar-refractivity contribution in [3.63, 3.8) is 0 Å². The van der Waals surface area contributed by atoms with Crippen molar-refractivity contribution < 1.29 is 4.79 Å². The number of rotatable bonds is 3. The number of thioether (sulfide) groups is 1. The summed E-state index contributed by atoms with van der Waals surface area (Å²) in [6.07, 6.45) is 18.2. The Morgan fingerprint density at radius 1 is 1.02 bits per heavy atom. The predicted molar refractivity (Wildman–Crippen MR) is 172 cm³/mol. The van der Waals surface area contributed by atoms with Gasteiger partial charge in [0.2, 0.25) is 0 Å². The number of hydrogen-bond donors (Lipinski definition) is 0. The molecule has 41 heavy (non-hydrogen) atoms. The van der Waals surface area contributed by atoms with Gasteiger partial charge in [-0.1, -0.05) is 54.5 Å². The molecule has 3 heterocycles. The molecule has 5 heteroatoms. The number of allylic oxidation sites excluding steroid dienone is 4. The number of hydrogen-bond acceptors (Lipinski definition) is 4. The second-order valence-electron chi connectivity index (χ2n) is 12.1. The van der Waals surface area contributed by atoms with Crippen LogP contribution in [0.4, 0.5) is 0 Å². The minimum atomic E-state index is 0.109. The maximum atomic E-state index is 12.8. The molecular formula is C36H39N3OS. The molecule has 8 rings (SSSR count). The van der Waals surface area contributed by atoms with Crippen LogP contribution in [0.5, 0.6) is 0 Å². The summed E-state index contributed by atoms with van der Waals surface area (Å²) >= 11 is 1.78. The zero-order valence-electron chi connectivity index (χ0n) is 23.8. The van der Waals surface area contributed by atoms with Gasteiger partial charge in [-0.25, -0.2) is 0 Å². The fourth-order valence-corrected chi connectivity index (χ4v) is 7.98. The van der Waals surface area contributed by atoms with Crippen LogP contribution in [0.25, 0.3) is 16.3 Å². The lowest BCUT2D eigenvalue weighted by atomic mass is 9.64. The average Bonchev–Trinajstić information content (AvgIpc) is 3.61. The molecule has 2 aliphatic heterocycles. The van der Waals surface area contributed by atoms with E-state index in [9.17, 15) is 4.79 Å². The number of likely N-dealkylation sites (tertiary alicyclic amines) is 1. The Hall–Kier alpha value is -3.18. The second kappa shape index (κ2) is 12.0. The minimum absolute atomic E-state index is 0.109. The van der Waals surface area contributed by atoms with Gasteiger partial charge in [-0.3, -0.25) is 14.8 Å². The molecule has 5 aliphatic rings. The molecular weight excluding hydrogens is 522 g/mol. The Bertz CT molecular complexity index is 1510. The quantitative estimate of drug-likeness (QED) is 0.325. The third-order valence-electron chi connectivity index (χ3n) is 9.90. The van der Waals surface area contributed by atoms with E-state index in [-0.39, 0.29) is 5.91 Å². The van der Waals surface area contributed by atoms with Crippen LogP contribution in [0.15, 0.2) is 77.6 Å². The van der Waals surface area contributed by atoms with Crippen molar-refractivity contribution in [2.75, 3.05) is 25.4 Å². The van der Waals surface area contributed by atoms with E-state index in [1.54, 1.807) is 35.3 Å². The topological polar surface area (TPSA) is 45.6 Å². The summed E-state index contributed by atoms with van der Waals surface area (Å²) in [5.74, 6) is 3.46. The van der Waals surface area contributed by atoms with Crippen LogP contribution in [-0.4, -0.2) is 46.7 Å². The largest absolute Gasteiger partial charge is 0.339 e. The van der Waals surface area contributed by atoms with E-state index in [0.29, 0.717) is 11.5 Å². The monoisotopic (exact) mass is 561 g/mol. The van der Waals surface area contributed by atoms with Gasteiger partial charge in [0.25, 0.3) is 5.91 Å². The number of piperidine rings is 1. The van der Waals surface area contributed by atoms with E-state index in [2.05, 4.69) is 52.5 Å². The van der Waals surface area contributed by atoms with Crippen molar-refractivity contribution in [3.8, 4) is 0 Å². The van der Waals surface area contributed by atoms with Crippen LogP contribution >= 0.6 is 11.8 Å². The zero-order chi connectivity index (χ0) is 27.6. The summed E-state index contributed by atoms with van der Waals surface area (Å²) in [6, 6.07) is 15.7. The molecule has 210 valence electrons. The number of benzene rings is 2. The van der Waals surface area contributed by atoms with Gasteiger partial charge in [0, 0.05) is 37.8 Å². The molecule has 3 aromatic rings. The summed E-state index contributed by atoms with van der Waals surface area (Å²) in [5.41, 5.74) is 10.4. The summed E-state index contributed by atoms with van der Waals surface area (Å²) in [7, 11) is 0. The van der Waals surface area contributed by atoms with Crippen LogP contribution in [0.3, 0.4) is 0 Å². The van der Waals surface area contributed by atoms with Crippen LogP contribution in [0, 0.1) is 11.8 Å². The molecule has 2 fully saturated rings. The van der Waals surface area contributed by atoms with E-state index in [1.807, 2.05) is 22.6 Å². The lowest BCUT2D eigenvalue weighted by Crippen LogP contribution is -2.37. The van der Waals surface area contributed by atoms with Gasteiger partial charge in [-0.05, 0) is 108 Å². The highest BCUT2D eigenvalue weighted by Crippen LogP contribution is 2.49. The van der Waals surface area contributed by atoms with E-state index in [4.69, 9.17) is 0 Å². The molecule has 0 radical (unpaired) electrons. The molecule has 0 N–H and O–H groups in total. The Balaban J connectivity index is 0.000000502. The highest BCUT2D eigenvalue weighted by Gasteiger charge is 2.36. The number of aliphatic imine (C=N–C) groups is 1. The number of amides is 1. The minimum Gasteiger partial charge on any atom is -0.339 e. The average molecular weight is 562 g/mol. The number of aromatic nitrogens is 1. The van der Waals surface area contributed by atoms with Gasteiger partial charge in [0.05, 0.1) is 11.1 Å². The summed E-state index contributed by atoms with van der Waals surface area (Å²) < 4.78 is 0. The third-order valence-corrected chi connectivity index (χ3v) is 10.6. The molecule has 2 aromatic carbocycles. The smallest absolute Gasteiger partial charge is 0.255 e. The van der Waals surface area contributed by atoms with Crippen molar-refractivity contribution >= 4 is 39.6 Å². The van der Waals surface area contributed by atoms with Gasteiger partial charge >= 0.3 is 0 Å². The molecule has 4 nitrogen and oxygen atoms in total. The zero-order valence-corrected chi connectivity index (χ0v) is 24.6. The highest BCUT2D eigenvalue weighted by molar-refractivity contribution is 8.12. The van der Waals surface area contributed by atoms with Crippen LogP contribution in [0.2, 0.25) is 0 Å². The van der Waals surface area contributed by atoms with Gasteiger partial charge in [0.15, 0.2) is 0 Å². The first-order chi connectivity index (χ1) is 20.3. The van der Waals surface area contributed by atoms with Gasteiger partial charge < -0.3 is 4.90 Å². The Labute approximate surface area is 248 Å². The number of fused-ring (bicyclic) bond motifs is 4. The summed E-state index contributed by atoms with van der Waals surface area (Å²) in [4.78, 5) is 22.9. The molecule has 1 saturated heterocycles. The standard InChI is InChI=1S/C33H34N2O.C3H5NS/c36-33(26-7-4-16-34-21-26)35-17-14-22(15-18-35)24-10-12-27-25(19-24)11-13-30-28-8-1-2-9-29(28)31(20-32(27)30)23-5-3-6-23;1-2-5-3-4-1/h1,4,7-8,10-13,16,19,21-23,31H,2-3,5-6,9,14-15,17-18,20H2;3H,1-2H2. The SMILES string of the molecule is C1=NCCS1.O=C(c1cccnc1)N1CCC(c2ccc3c4c(ccc3c2)C2=C(CCC=C2)C(C2CCC2)C4)CC1. The van der Waals surface area contributed by atoms with Crippen molar-refractivity contribution in [1.29, 1.82) is 0 Å². The van der Waals surface area contributed by atoms with E-state index < -0.39 is 0 Å². The van der Waals surface area contributed by atoms with Crippen molar-refractivity contribution in [2.24, 2.45) is 16.8 Å². The maximum Gasteiger partial charge on any atom is 0.255 e. The normalized spacial score (nSPS) is 22.1. The van der Waals surface area contributed by atoms with E-state index in [1.165, 1.54) is 71.8 Å². The van der Waals surface area contributed by atoms with Crippen molar-refractivity contribution in [1.82, 2.24) is 9.88 Å². The summed E-state index contributed by atoms with van der Waals surface area (Å²) in [6.45, 7) is 2.66. The Morgan fingerprint density at radius 2 is 1.93 bits per heavy atom. The molecule has 1 aromatic heterocycles. The second-order valence-corrected chi connectivity index (χ2v) is 13.1. The van der Waals surface area contributed by atoms with Crippen molar-refractivity contribution in [3.05, 3.63) is 94.8 Å². The maximum absolute atomic E-state index is 12.8. The molecule has 3 aliphatic carbocycles. The van der Waals surface area contributed by atoms with E-state index >= 15 is 0 Å². The van der Waals surface area contributed by atoms with Gasteiger partial charge in [0.1, 0.15) is 0 Å². The molecule has 1 unspecified atom stereocenters.